The maximum absolute atomic E-state index is 11.2. The van der Waals surface area contributed by atoms with E-state index in [0.29, 0.717) is 16.2 Å². The summed E-state index contributed by atoms with van der Waals surface area (Å²) in [6.07, 6.45) is 1.61. The number of hydrogen-bond acceptors (Lipinski definition) is 6. The summed E-state index contributed by atoms with van der Waals surface area (Å²) in [6, 6.07) is 8.95. The Bertz CT molecular complexity index is 900. The number of aromatic nitrogens is 3. The van der Waals surface area contributed by atoms with E-state index in [0.717, 1.165) is 16.9 Å². The Morgan fingerprint density at radius 2 is 2.00 bits per heavy atom. The van der Waals surface area contributed by atoms with E-state index in [-0.39, 0.29) is 4.34 Å². The normalized spacial score (nSPS) is 11.6. The molecule has 0 aliphatic rings. The number of hydrogen-bond donors (Lipinski definition) is 1. The van der Waals surface area contributed by atoms with Crippen LogP contribution in [0, 0.1) is 11.3 Å². The van der Waals surface area contributed by atoms with Crippen molar-refractivity contribution in [3.05, 3.63) is 36.0 Å². The molecule has 0 bridgehead atoms. The minimum Gasteiger partial charge on any atom is -0.223 e. The summed E-state index contributed by atoms with van der Waals surface area (Å²) in [5.74, 6) is 0. The summed E-state index contributed by atoms with van der Waals surface area (Å²) < 4.78 is 23.6. The molecule has 0 unspecified atom stereocenters. The van der Waals surface area contributed by atoms with E-state index < -0.39 is 10.0 Å². The molecule has 3 aromatic rings. The average Bonchev–Trinajstić information content (AvgIpc) is 2.96. The van der Waals surface area contributed by atoms with Crippen molar-refractivity contribution in [3.8, 4) is 17.3 Å². The van der Waals surface area contributed by atoms with E-state index in [4.69, 9.17) is 10.4 Å². The number of nitriles is 1. The SMILES string of the molecule is N#Cc1ccc(-c2cn3nc(S(N)(=O)=O)sc3n2)cc1. The van der Waals surface area contributed by atoms with Gasteiger partial charge >= 0.3 is 0 Å². The third kappa shape index (κ3) is 2.16. The van der Waals surface area contributed by atoms with Crippen LogP contribution in [0.4, 0.5) is 0 Å². The van der Waals surface area contributed by atoms with Crippen LogP contribution in [0.5, 0.6) is 0 Å². The predicted octanol–water partition coefficient (Wildman–Crippen LogP) is 0.977. The van der Waals surface area contributed by atoms with Crippen LogP contribution < -0.4 is 5.14 Å². The van der Waals surface area contributed by atoms with Gasteiger partial charge in [-0.1, -0.05) is 23.5 Å². The second-order valence-corrected chi connectivity index (χ2v) is 6.65. The molecule has 0 amide bonds. The Kier molecular flexibility index (Phi) is 2.79. The van der Waals surface area contributed by atoms with Gasteiger partial charge in [-0.25, -0.2) is 23.1 Å². The van der Waals surface area contributed by atoms with E-state index in [9.17, 15) is 8.42 Å². The molecular formula is C11H7N5O2S2. The van der Waals surface area contributed by atoms with Crippen molar-refractivity contribution in [1.29, 1.82) is 5.26 Å². The van der Waals surface area contributed by atoms with Crippen LogP contribution in [0.3, 0.4) is 0 Å². The minimum atomic E-state index is -3.81. The lowest BCUT2D eigenvalue weighted by molar-refractivity contribution is 0.595. The van der Waals surface area contributed by atoms with Crippen molar-refractivity contribution in [1.82, 2.24) is 14.6 Å². The Morgan fingerprint density at radius 1 is 1.30 bits per heavy atom. The second kappa shape index (κ2) is 4.38. The first-order chi connectivity index (χ1) is 9.47. The third-order valence-corrected chi connectivity index (χ3v) is 4.81. The monoisotopic (exact) mass is 305 g/mol. The molecule has 1 aromatic carbocycles. The maximum atomic E-state index is 11.2. The second-order valence-electron chi connectivity index (χ2n) is 3.96. The molecule has 0 fully saturated rings. The van der Waals surface area contributed by atoms with Crippen LogP contribution in [-0.2, 0) is 10.0 Å². The van der Waals surface area contributed by atoms with Crippen molar-refractivity contribution in [2.24, 2.45) is 5.14 Å². The number of imidazole rings is 1. The van der Waals surface area contributed by atoms with Gasteiger partial charge in [-0.05, 0) is 12.1 Å². The number of primary sulfonamides is 1. The molecule has 9 heteroatoms. The first-order valence-corrected chi connectivity index (χ1v) is 7.73. The van der Waals surface area contributed by atoms with Crippen LogP contribution >= 0.6 is 11.3 Å². The van der Waals surface area contributed by atoms with Crippen LogP contribution in [0.15, 0.2) is 34.8 Å². The zero-order chi connectivity index (χ0) is 14.3. The number of sulfonamides is 1. The van der Waals surface area contributed by atoms with E-state index in [1.54, 1.807) is 30.5 Å². The smallest absolute Gasteiger partial charge is 0.223 e. The lowest BCUT2D eigenvalue weighted by Crippen LogP contribution is -2.12. The Labute approximate surface area is 118 Å². The molecule has 2 N–H and O–H groups in total. The summed E-state index contributed by atoms with van der Waals surface area (Å²) >= 11 is 0.903. The van der Waals surface area contributed by atoms with E-state index in [2.05, 4.69) is 10.1 Å². The molecule has 2 heterocycles. The summed E-state index contributed by atoms with van der Waals surface area (Å²) in [5, 5.41) is 17.6. The van der Waals surface area contributed by atoms with Crippen molar-refractivity contribution >= 4 is 26.3 Å². The van der Waals surface area contributed by atoms with Crippen LogP contribution in [0.2, 0.25) is 0 Å². The number of benzene rings is 1. The van der Waals surface area contributed by atoms with Gasteiger partial charge in [0.15, 0.2) is 0 Å². The van der Waals surface area contributed by atoms with E-state index in [1.165, 1.54) is 4.52 Å². The third-order valence-electron chi connectivity index (χ3n) is 2.58. The van der Waals surface area contributed by atoms with Gasteiger partial charge in [-0.3, -0.25) is 0 Å². The van der Waals surface area contributed by atoms with Gasteiger partial charge in [0.05, 0.1) is 23.5 Å². The number of nitrogens with zero attached hydrogens (tertiary/aromatic N) is 4. The highest BCUT2D eigenvalue weighted by Crippen LogP contribution is 2.23. The summed E-state index contributed by atoms with van der Waals surface area (Å²) in [5.41, 5.74) is 2.03. The van der Waals surface area contributed by atoms with Crippen molar-refractivity contribution < 1.29 is 8.42 Å². The number of nitrogens with two attached hydrogens (primary N) is 1. The number of rotatable bonds is 2. The highest BCUT2D eigenvalue weighted by molar-refractivity contribution is 7.91. The van der Waals surface area contributed by atoms with Crippen molar-refractivity contribution in [2.75, 3.05) is 0 Å². The summed E-state index contributed by atoms with van der Waals surface area (Å²) in [4.78, 5) is 4.73. The minimum absolute atomic E-state index is 0.175. The molecule has 0 aliphatic carbocycles. The fourth-order valence-corrected chi connectivity index (χ4v) is 3.16. The molecule has 0 saturated heterocycles. The van der Waals surface area contributed by atoms with Gasteiger partial charge in [0, 0.05) is 5.56 Å². The summed E-state index contributed by atoms with van der Waals surface area (Å²) in [7, 11) is -3.81. The Balaban J connectivity index is 2.05. The molecule has 3 rings (SSSR count). The standard InChI is InChI=1S/C11H7N5O2S2/c12-5-7-1-3-8(4-2-7)9-6-16-10(14-9)19-11(15-16)20(13,17)18/h1-4,6H,(H2,13,17,18). The van der Waals surface area contributed by atoms with E-state index in [1.807, 2.05) is 6.07 Å². The molecule has 0 saturated carbocycles. The Hall–Kier alpha value is -2.28. The van der Waals surface area contributed by atoms with Gasteiger partial charge in [-0.2, -0.15) is 5.26 Å². The highest BCUT2D eigenvalue weighted by Gasteiger charge is 2.17. The molecule has 7 nitrogen and oxygen atoms in total. The molecular weight excluding hydrogens is 298 g/mol. The van der Waals surface area contributed by atoms with Crippen LogP contribution in [0.1, 0.15) is 5.56 Å². The fraction of sp³-hybridized carbons (Fsp3) is 0. The van der Waals surface area contributed by atoms with Gasteiger partial charge in [-0.15, -0.1) is 5.10 Å². The topological polar surface area (TPSA) is 114 Å². The first-order valence-electron chi connectivity index (χ1n) is 5.37. The molecule has 0 spiro atoms. The quantitative estimate of drug-likeness (QED) is 0.758. The van der Waals surface area contributed by atoms with Gasteiger partial charge in [0.1, 0.15) is 0 Å². The molecule has 20 heavy (non-hydrogen) atoms. The lowest BCUT2D eigenvalue weighted by Gasteiger charge is -1.95. The highest BCUT2D eigenvalue weighted by atomic mass is 32.2. The zero-order valence-corrected chi connectivity index (χ0v) is 11.5. The van der Waals surface area contributed by atoms with E-state index >= 15 is 0 Å². The van der Waals surface area contributed by atoms with Crippen molar-refractivity contribution in [2.45, 2.75) is 4.34 Å². The van der Waals surface area contributed by atoms with Crippen LogP contribution in [0.25, 0.3) is 16.2 Å². The predicted molar refractivity (Wildman–Crippen MR) is 72.4 cm³/mol. The van der Waals surface area contributed by atoms with Gasteiger partial charge in [0.25, 0.3) is 10.0 Å². The average molecular weight is 305 g/mol. The lowest BCUT2D eigenvalue weighted by atomic mass is 10.1. The van der Waals surface area contributed by atoms with Crippen molar-refractivity contribution in [3.63, 3.8) is 0 Å². The molecule has 0 atom stereocenters. The molecule has 2 aromatic heterocycles. The molecule has 0 aliphatic heterocycles. The zero-order valence-electron chi connectivity index (χ0n) is 9.89. The number of fused-ring (bicyclic) bond motifs is 1. The van der Waals surface area contributed by atoms with Gasteiger partial charge in [0.2, 0.25) is 9.30 Å². The molecule has 100 valence electrons. The summed E-state index contributed by atoms with van der Waals surface area (Å²) in [6.45, 7) is 0. The Morgan fingerprint density at radius 3 is 2.55 bits per heavy atom. The first kappa shape index (κ1) is 12.7. The van der Waals surface area contributed by atoms with Gasteiger partial charge < -0.3 is 0 Å². The molecule has 0 radical (unpaired) electrons. The maximum Gasteiger partial charge on any atom is 0.267 e. The fourth-order valence-electron chi connectivity index (χ4n) is 1.65. The van der Waals surface area contributed by atoms with Crippen LogP contribution in [-0.4, -0.2) is 23.0 Å². The largest absolute Gasteiger partial charge is 0.267 e.